The summed E-state index contributed by atoms with van der Waals surface area (Å²) >= 11 is 3.49. The number of hydrogen-bond acceptors (Lipinski definition) is 4. The minimum absolute atomic E-state index is 0.109. The van der Waals surface area contributed by atoms with E-state index in [0.29, 0.717) is 18.3 Å². The van der Waals surface area contributed by atoms with Gasteiger partial charge in [0.1, 0.15) is 11.9 Å². The summed E-state index contributed by atoms with van der Waals surface area (Å²) in [5, 5.41) is 8.18. The van der Waals surface area contributed by atoms with Crippen molar-refractivity contribution in [2.75, 3.05) is 5.73 Å². The molecular formula is C14H15BrN4O. The second kappa shape index (κ2) is 4.48. The number of nitrogens with zero attached hydrogens (tertiary/aromatic N) is 3. The highest BCUT2D eigenvalue weighted by Gasteiger charge is 2.32. The number of nitrogen functional groups attached to an aromatic ring is 1. The lowest BCUT2D eigenvalue weighted by Gasteiger charge is -2.12. The first-order chi connectivity index (χ1) is 9.70. The monoisotopic (exact) mass is 334 g/mol. The third-order valence-electron chi connectivity index (χ3n) is 3.91. The molecule has 1 fully saturated rings. The molecule has 2 aliphatic rings. The Balaban J connectivity index is 1.54. The lowest BCUT2D eigenvalue weighted by Crippen LogP contribution is -2.23. The Morgan fingerprint density at radius 3 is 3.05 bits per heavy atom. The third-order valence-corrected chi connectivity index (χ3v) is 4.40. The van der Waals surface area contributed by atoms with Crippen molar-refractivity contribution in [2.45, 2.75) is 37.8 Å². The SMILES string of the molecule is Nc1nnn(CC2Cc3cc(Br)ccc3O2)c1C1CC1. The fourth-order valence-corrected chi connectivity index (χ4v) is 3.24. The smallest absolute Gasteiger partial charge is 0.169 e. The van der Waals surface area contributed by atoms with Crippen LogP contribution in [0.3, 0.4) is 0 Å². The Kier molecular flexibility index (Phi) is 2.73. The van der Waals surface area contributed by atoms with Gasteiger partial charge in [-0.3, -0.25) is 0 Å². The fraction of sp³-hybridized carbons (Fsp3) is 0.429. The highest BCUT2D eigenvalue weighted by Crippen LogP contribution is 2.42. The van der Waals surface area contributed by atoms with Crippen LogP contribution in [0.15, 0.2) is 22.7 Å². The molecule has 1 aromatic heterocycles. The number of benzene rings is 1. The number of aromatic nitrogens is 3. The summed E-state index contributed by atoms with van der Waals surface area (Å²) < 4.78 is 9.00. The molecule has 6 heteroatoms. The van der Waals surface area contributed by atoms with Crippen LogP contribution in [0, 0.1) is 0 Å². The van der Waals surface area contributed by atoms with E-state index in [4.69, 9.17) is 10.5 Å². The van der Waals surface area contributed by atoms with Crippen LogP contribution in [0.4, 0.5) is 5.82 Å². The second-order valence-electron chi connectivity index (χ2n) is 5.51. The predicted octanol–water partition coefficient (Wildman–Crippen LogP) is 2.50. The van der Waals surface area contributed by atoms with E-state index >= 15 is 0 Å². The van der Waals surface area contributed by atoms with Gasteiger partial charge in [-0.2, -0.15) is 0 Å². The molecule has 2 aromatic rings. The molecule has 104 valence electrons. The number of nitrogens with two attached hydrogens (primary N) is 1. The standard InChI is InChI=1S/C14H15BrN4O/c15-10-3-4-12-9(5-10)6-11(20-12)7-19-13(8-1-2-8)14(16)17-18-19/h3-5,8,11H,1-2,6-7,16H2. The molecule has 0 bridgehead atoms. The van der Waals surface area contributed by atoms with E-state index in [9.17, 15) is 0 Å². The third kappa shape index (κ3) is 2.08. The molecule has 20 heavy (non-hydrogen) atoms. The first-order valence-electron chi connectivity index (χ1n) is 6.84. The maximum absolute atomic E-state index is 5.98. The molecule has 0 spiro atoms. The van der Waals surface area contributed by atoms with Crippen molar-refractivity contribution >= 4 is 21.7 Å². The largest absolute Gasteiger partial charge is 0.488 e. The van der Waals surface area contributed by atoms with Crippen LogP contribution >= 0.6 is 15.9 Å². The van der Waals surface area contributed by atoms with Crippen LogP contribution in [-0.4, -0.2) is 21.1 Å². The molecule has 2 N–H and O–H groups in total. The van der Waals surface area contributed by atoms with E-state index < -0.39 is 0 Å². The van der Waals surface area contributed by atoms with Gasteiger partial charge in [-0.25, -0.2) is 4.68 Å². The molecule has 1 aromatic carbocycles. The van der Waals surface area contributed by atoms with Crippen molar-refractivity contribution in [3.63, 3.8) is 0 Å². The van der Waals surface area contributed by atoms with Gasteiger partial charge < -0.3 is 10.5 Å². The number of fused-ring (bicyclic) bond motifs is 1. The number of anilines is 1. The molecular weight excluding hydrogens is 320 g/mol. The van der Waals surface area contributed by atoms with Crippen molar-refractivity contribution < 1.29 is 4.74 Å². The van der Waals surface area contributed by atoms with Crippen LogP contribution in [-0.2, 0) is 13.0 Å². The van der Waals surface area contributed by atoms with Crippen LogP contribution in [0.1, 0.15) is 30.0 Å². The Bertz CT molecular complexity index is 665. The zero-order chi connectivity index (χ0) is 13.7. The number of halogens is 1. The molecule has 1 aliphatic heterocycles. The van der Waals surface area contributed by atoms with Crippen molar-refractivity contribution in [1.82, 2.24) is 15.0 Å². The quantitative estimate of drug-likeness (QED) is 0.936. The summed E-state index contributed by atoms with van der Waals surface area (Å²) in [5.41, 5.74) is 8.25. The predicted molar refractivity (Wildman–Crippen MR) is 78.7 cm³/mol. The molecule has 1 unspecified atom stereocenters. The van der Waals surface area contributed by atoms with Crippen molar-refractivity contribution in [1.29, 1.82) is 0 Å². The zero-order valence-corrected chi connectivity index (χ0v) is 12.5. The van der Waals surface area contributed by atoms with Gasteiger partial charge in [-0.1, -0.05) is 21.1 Å². The lowest BCUT2D eigenvalue weighted by molar-refractivity contribution is 0.200. The molecule has 4 rings (SSSR count). The summed E-state index contributed by atoms with van der Waals surface area (Å²) in [4.78, 5) is 0. The Morgan fingerprint density at radius 1 is 1.40 bits per heavy atom. The lowest BCUT2D eigenvalue weighted by atomic mass is 10.1. The summed E-state index contributed by atoms with van der Waals surface area (Å²) in [6.45, 7) is 0.711. The summed E-state index contributed by atoms with van der Waals surface area (Å²) in [7, 11) is 0. The van der Waals surface area contributed by atoms with Crippen molar-refractivity contribution in [2.24, 2.45) is 0 Å². The van der Waals surface area contributed by atoms with Gasteiger partial charge in [0, 0.05) is 16.8 Å². The average molecular weight is 335 g/mol. The van der Waals surface area contributed by atoms with Crippen LogP contribution in [0.2, 0.25) is 0 Å². The van der Waals surface area contributed by atoms with E-state index in [0.717, 1.165) is 22.3 Å². The first-order valence-corrected chi connectivity index (χ1v) is 7.64. The van der Waals surface area contributed by atoms with Gasteiger partial charge in [-0.05, 0) is 36.6 Å². The van der Waals surface area contributed by atoms with Gasteiger partial charge in [0.05, 0.1) is 12.2 Å². The molecule has 1 aliphatic carbocycles. The fourth-order valence-electron chi connectivity index (χ4n) is 2.83. The van der Waals surface area contributed by atoms with Crippen LogP contribution in [0.5, 0.6) is 5.75 Å². The molecule has 2 heterocycles. The highest BCUT2D eigenvalue weighted by atomic mass is 79.9. The minimum atomic E-state index is 0.109. The maximum atomic E-state index is 5.98. The van der Waals surface area contributed by atoms with Crippen LogP contribution in [0.25, 0.3) is 0 Å². The minimum Gasteiger partial charge on any atom is -0.488 e. The molecule has 0 amide bonds. The Labute approximate surface area is 125 Å². The van der Waals surface area contributed by atoms with Crippen LogP contribution < -0.4 is 10.5 Å². The zero-order valence-electron chi connectivity index (χ0n) is 10.9. The van der Waals surface area contributed by atoms with E-state index in [-0.39, 0.29) is 6.10 Å². The molecule has 0 saturated heterocycles. The normalized spacial score (nSPS) is 20.8. The first kappa shape index (κ1) is 12.2. The molecule has 1 atom stereocenters. The number of ether oxygens (including phenoxy) is 1. The van der Waals surface area contributed by atoms with Gasteiger partial charge in [0.15, 0.2) is 5.82 Å². The van der Waals surface area contributed by atoms with Gasteiger partial charge in [-0.15, -0.1) is 5.10 Å². The second-order valence-corrected chi connectivity index (χ2v) is 6.43. The highest BCUT2D eigenvalue weighted by molar-refractivity contribution is 9.10. The molecule has 5 nitrogen and oxygen atoms in total. The van der Waals surface area contributed by atoms with E-state index in [2.05, 4.69) is 32.3 Å². The van der Waals surface area contributed by atoms with Gasteiger partial charge in [0.25, 0.3) is 0 Å². The Hall–Kier alpha value is -1.56. The maximum Gasteiger partial charge on any atom is 0.169 e. The number of rotatable bonds is 3. The topological polar surface area (TPSA) is 66.0 Å². The van der Waals surface area contributed by atoms with Gasteiger partial charge >= 0.3 is 0 Å². The number of hydrogen-bond donors (Lipinski definition) is 1. The molecule has 0 radical (unpaired) electrons. The summed E-state index contributed by atoms with van der Waals surface area (Å²) in [6.07, 6.45) is 3.39. The van der Waals surface area contributed by atoms with Crippen molar-refractivity contribution in [3.8, 4) is 5.75 Å². The van der Waals surface area contributed by atoms with E-state index in [1.54, 1.807) is 0 Å². The van der Waals surface area contributed by atoms with E-state index in [1.807, 2.05) is 16.8 Å². The molecule has 1 saturated carbocycles. The summed E-state index contributed by atoms with van der Waals surface area (Å²) in [6, 6.07) is 6.13. The van der Waals surface area contributed by atoms with E-state index in [1.165, 1.54) is 18.4 Å². The summed E-state index contributed by atoms with van der Waals surface area (Å²) in [5.74, 6) is 2.09. The average Bonchev–Trinajstić information content (AvgIpc) is 3.07. The van der Waals surface area contributed by atoms with Gasteiger partial charge in [0.2, 0.25) is 0 Å². The Morgan fingerprint density at radius 2 is 2.25 bits per heavy atom. The van der Waals surface area contributed by atoms with Crippen molar-refractivity contribution in [3.05, 3.63) is 33.9 Å².